The summed E-state index contributed by atoms with van der Waals surface area (Å²) in [5.41, 5.74) is 11.9. The van der Waals surface area contributed by atoms with Crippen molar-refractivity contribution >= 4 is 5.82 Å². The maximum Gasteiger partial charge on any atom is 0.126 e. The maximum atomic E-state index is 5.49. The second kappa shape index (κ2) is 4.01. The van der Waals surface area contributed by atoms with E-state index in [0.717, 1.165) is 12.1 Å². The molecule has 12 heavy (non-hydrogen) atoms. The lowest BCUT2D eigenvalue weighted by Crippen LogP contribution is -2.14. The van der Waals surface area contributed by atoms with Crippen molar-refractivity contribution in [1.82, 2.24) is 9.97 Å². The molecule has 1 heterocycles. The van der Waals surface area contributed by atoms with Crippen LogP contribution in [0.5, 0.6) is 0 Å². The van der Waals surface area contributed by atoms with Crippen molar-refractivity contribution < 1.29 is 0 Å². The van der Waals surface area contributed by atoms with Gasteiger partial charge in [0.25, 0.3) is 0 Å². The van der Waals surface area contributed by atoms with Crippen LogP contribution >= 0.6 is 0 Å². The Morgan fingerprint density at radius 3 is 2.83 bits per heavy atom. The van der Waals surface area contributed by atoms with E-state index in [1.807, 2.05) is 0 Å². The molecule has 1 rings (SSSR count). The molecule has 4 nitrogen and oxygen atoms in total. The predicted molar refractivity (Wildman–Crippen MR) is 48.4 cm³/mol. The smallest absolute Gasteiger partial charge is 0.126 e. The number of hydrogen-bond acceptors (Lipinski definition) is 4. The lowest BCUT2D eigenvalue weighted by Gasteiger charge is -2.06. The molecule has 1 unspecified atom stereocenters. The molecular weight excluding hydrogens is 152 g/mol. The molecule has 0 fully saturated rings. The summed E-state index contributed by atoms with van der Waals surface area (Å²) < 4.78 is 0. The average Bonchev–Trinajstić information content (AvgIpc) is 2.04. The fourth-order valence-electron chi connectivity index (χ4n) is 0.967. The zero-order chi connectivity index (χ0) is 8.97. The van der Waals surface area contributed by atoms with Crippen molar-refractivity contribution in [2.75, 3.05) is 12.3 Å². The van der Waals surface area contributed by atoms with Gasteiger partial charge < -0.3 is 11.5 Å². The highest BCUT2D eigenvalue weighted by atomic mass is 14.9. The van der Waals surface area contributed by atoms with Crippen LogP contribution in [0, 0.1) is 5.92 Å². The van der Waals surface area contributed by atoms with Crippen LogP contribution in [-0.2, 0) is 6.42 Å². The summed E-state index contributed by atoms with van der Waals surface area (Å²) in [6.07, 6.45) is 2.34. The molecule has 0 spiro atoms. The van der Waals surface area contributed by atoms with E-state index in [4.69, 9.17) is 11.5 Å². The first-order chi connectivity index (χ1) is 5.72. The Morgan fingerprint density at radius 1 is 1.50 bits per heavy atom. The fourth-order valence-corrected chi connectivity index (χ4v) is 0.967. The van der Waals surface area contributed by atoms with E-state index in [2.05, 4.69) is 16.9 Å². The van der Waals surface area contributed by atoms with Gasteiger partial charge in [0.05, 0.1) is 0 Å². The van der Waals surface area contributed by atoms with E-state index in [1.54, 1.807) is 6.07 Å². The van der Waals surface area contributed by atoms with Crippen molar-refractivity contribution in [1.29, 1.82) is 0 Å². The molecule has 0 bridgehead atoms. The minimum Gasteiger partial charge on any atom is -0.384 e. The Morgan fingerprint density at radius 2 is 2.25 bits per heavy atom. The largest absolute Gasteiger partial charge is 0.384 e. The quantitative estimate of drug-likeness (QED) is 0.672. The Bertz CT molecular complexity index is 249. The third kappa shape index (κ3) is 2.47. The Hall–Kier alpha value is -1.16. The minimum atomic E-state index is 0.444. The van der Waals surface area contributed by atoms with E-state index >= 15 is 0 Å². The van der Waals surface area contributed by atoms with Crippen molar-refractivity contribution in [3.05, 3.63) is 18.1 Å². The highest BCUT2D eigenvalue weighted by molar-refractivity contribution is 5.27. The van der Waals surface area contributed by atoms with Gasteiger partial charge in [0, 0.05) is 11.8 Å². The van der Waals surface area contributed by atoms with Gasteiger partial charge in [0.2, 0.25) is 0 Å². The highest BCUT2D eigenvalue weighted by Gasteiger charge is 2.02. The first-order valence-electron chi connectivity index (χ1n) is 3.99. The maximum absolute atomic E-state index is 5.49. The number of anilines is 1. The van der Waals surface area contributed by atoms with E-state index in [9.17, 15) is 0 Å². The molecule has 0 aromatic carbocycles. The van der Waals surface area contributed by atoms with Gasteiger partial charge in [-0.05, 0) is 18.9 Å². The van der Waals surface area contributed by atoms with E-state index in [-0.39, 0.29) is 0 Å². The molecule has 0 radical (unpaired) electrons. The van der Waals surface area contributed by atoms with Crippen molar-refractivity contribution in [3.63, 3.8) is 0 Å². The van der Waals surface area contributed by atoms with Gasteiger partial charge in [-0.25, -0.2) is 9.97 Å². The summed E-state index contributed by atoms with van der Waals surface area (Å²) in [6.45, 7) is 2.75. The molecule has 4 heteroatoms. The van der Waals surface area contributed by atoms with Crippen LogP contribution in [0.25, 0.3) is 0 Å². The van der Waals surface area contributed by atoms with Gasteiger partial charge in [-0.15, -0.1) is 0 Å². The number of nitrogens with two attached hydrogens (primary N) is 2. The SMILES string of the molecule is CC(CN)Cc1cc(N)ncn1. The first kappa shape index (κ1) is 8.93. The average molecular weight is 166 g/mol. The first-order valence-corrected chi connectivity index (χ1v) is 3.99. The van der Waals surface area contributed by atoms with Crippen molar-refractivity contribution in [3.8, 4) is 0 Å². The number of nitrogen functional groups attached to an aromatic ring is 1. The van der Waals surface area contributed by atoms with E-state index in [1.165, 1.54) is 6.33 Å². The Balaban J connectivity index is 2.63. The Labute approximate surface area is 72.0 Å². The molecule has 66 valence electrons. The fraction of sp³-hybridized carbons (Fsp3) is 0.500. The molecule has 0 aliphatic carbocycles. The third-order valence-corrected chi connectivity index (χ3v) is 1.70. The van der Waals surface area contributed by atoms with Gasteiger partial charge in [0.15, 0.2) is 0 Å². The van der Waals surface area contributed by atoms with Gasteiger partial charge in [-0.3, -0.25) is 0 Å². The monoisotopic (exact) mass is 166 g/mol. The molecule has 1 aromatic rings. The van der Waals surface area contributed by atoms with E-state index in [0.29, 0.717) is 18.3 Å². The number of rotatable bonds is 3. The highest BCUT2D eigenvalue weighted by Crippen LogP contribution is 2.05. The third-order valence-electron chi connectivity index (χ3n) is 1.70. The number of nitrogens with zero attached hydrogens (tertiary/aromatic N) is 2. The minimum absolute atomic E-state index is 0.444. The molecule has 0 amide bonds. The van der Waals surface area contributed by atoms with Gasteiger partial charge in [-0.1, -0.05) is 6.92 Å². The zero-order valence-corrected chi connectivity index (χ0v) is 7.20. The van der Waals surface area contributed by atoms with Crippen LogP contribution < -0.4 is 11.5 Å². The Kier molecular flexibility index (Phi) is 2.99. The second-order valence-electron chi connectivity index (χ2n) is 2.98. The molecular formula is C8H14N4. The van der Waals surface area contributed by atoms with Gasteiger partial charge >= 0.3 is 0 Å². The van der Waals surface area contributed by atoms with Crippen LogP contribution in [0.1, 0.15) is 12.6 Å². The second-order valence-corrected chi connectivity index (χ2v) is 2.98. The lowest BCUT2D eigenvalue weighted by atomic mass is 10.1. The molecule has 4 N–H and O–H groups in total. The van der Waals surface area contributed by atoms with Gasteiger partial charge in [-0.2, -0.15) is 0 Å². The molecule has 0 aliphatic rings. The van der Waals surface area contributed by atoms with Gasteiger partial charge in [0.1, 0.15) is 12.1 Å². The summed E-state index contributed by atoms with van der Waals surface area (Å²) in [4.78, 5) is 7.89. The number of aromatic nitrogens is 2. The summed E-state index contributed by atoms with van der Waals surface area (Å²) >= 11 is 0. The molecule has 1 atom stereocenters. The van der Waals surface area contributed by atoms with Crippen LogP contribution in [0.4, 0.5) is 5.82 Å². The number of hydrogen-bond donors (Lipinski definition) is 2. The molecule has 0 saturated carbocycles. The summed E-state index contributed by atoms with van der Waals surface area (Å²) in [5, 5.41) is 0. The van der Waals surface area contributed by atoms with Crippen LogP contribution in [0.3, 0.4) is 0 Å². The lowest BCUT2D eigenvalue weighted by molar-refractivity contribution is 0.583. The van der Waals surface area contributed by atoms with Crippen LogP contribution in [-0.4, -0.2) is 16.5 Å². The summed E-state index contributed by atoms with van der Waals surface area (Å²) in [6, 6.07) is 1.78. The van der Waals surface area contributed by atoms with Crippen LogP contribution in [0.15, 0.2) is 12.4 Å². The summed E-state index contributed by atoms with van der Waals surface area (Å²) in [7, 11) is 0. The van der Waals surface area contributed by atoms with Crippen LogP contribution in [0.2, 0.25) is 0 Å². The topological polar surface area (TPSA) is 77.8 Å². The summed E-state index contributed by atoms with van der Waals surface area (Å²) in [5.74, 6) is 0.962. The normalized spacial score (nSPS) is 12.8. The standard InChI is InChI=1S/C8H14N4/c1-6(4-9)2-7-3-8(10)12-5-11-7/h3,5-6H,2,4,9H2,1H3,(H2,10,11,12). The molecule has 0 aliphatic heterocycles. The van der Waals surface area contributed by atoms with E-state index < -0.39 is 0 Å². The molecule has 1 aromatic heterocycles. The zero-order valence-electron chi connectivity index (χ0n) is 7.20. The molecule has 0 saturated heterocycles. The predicted octanol–water partition coefficient (Wildman–Crippen LogP) is 0.196. The van der Waals surface area contributed by atoms with Crippen molar-refractivity contribution in [2.24, 2.45) is 11.7 Å². The van der Waals surface area contributed by atoms with Crippen molar-refractivity contribution in [2.45, 2.75) is 13.3 Å².